The van der Waals surface area contributed by atoms with E-state index in [4.69, 9.17) is 9.47 Å². The molecule has 1 aliphatic rings. The van der Waals surface area contributed by atoms with E-state index in [0.29, 0.717) is 35.2 Å². The summed E-state index contributed by atoms with van der Waals surface area (Å²) in [7, 11) is 1.51. The molecular weight excluding hydrogens is 461 g/mol. The monoisotopic (exact) mass is 489 g/mol. The van der Waals surface area contributed by atoms with Gasteiger partial charge in [0.1, 0.15) is 23.1 Å². The molecule has 0 bridgehead atoms. The quantitative estimate of drug-likeness (QED) is 0.258. The number of aliphatic hydroxyl groups excluding tert-OH is 1. The Morgan fingerprint density at radius 2 is 1.81 bits per heavy atom. The Labute approximate surface area is 209 Å². The van der Waals surface area contributed by atoms with Crippen LogP contribution in [0, 0.1) is 18.7 Å². The molecule has 36 heavy (non-hydrogen) atoms. The summed E-state index contributed by atoms with van der Waals surface area (Å²) >= 11 is 0. The third-order valence-electron chi connectivity index (χ3n) is 5.96. The SMILES string of the molecule is COc1cccc(C2/C(=C(\O)c3ccc(OCC(C)C)c(C)c3)C(=O)C(=O)N2c2cccc(F)c2)c1. The van der Waals surface area contributed by atoms with Crippen molar-refractivity contribution in [1.29, 1.82) is 0 Å². The van der Waals surface area contributed by atoms with Crippen molar-refractivity contribution >= 4 is 23.1 Å². The second kappa shape index (κ2) is 10.2. The van der Waals surface area contributed by atoms with Gasteiger partial charge in [-0.1, -0.05) is 32.0 Å². The van der Waals surface area contributed by atoms with Crippen LogP contribution in [0.2, 0.25) is 0 Å². The van der Waals surface area contributed by atoms with E-state index < -0.39 is 23.5 Å². The Morgan fingerprint density at radius 1 is 1.06 bits per heavy atom. The predicted molar refractivity (Wildman–Crippen MR) is 136 cm³/mol. The number of anilines is 1. The number of benzene rings is 3. The van der Waals surface area contributed by atoms with E-state index in [1.165, 1.54) is 30.2 Å². The van der Waals surface area contributed by atoms with E-state index in [1.54, 1.807) is 48.5 Å². The maximum absolute atomic E-state index is 14.1. The van der Waals surface area contributed by atoms with Crippen LogP contribution in [0.3, 0.4) is 0 Å². The van der Waals surface area contributed by atoms with Gasteiger partial charge in [0.05, 0.1) is 25.3 Å². The minimum absolute atomic E-state index is 0.0900. The van der Waals surface area contributed by atoms with Crippen molar-refractivity contribution in [3.05, 3.63) is 94.8 Å². The summed E-state index contributed by atoms with van der Waals surface area (Å²) in [6.45, 7) is 6.48. The molecule has 4 rings (SSSR count). The smallest absolute Gasteiger partial charge is 0.300 e. The lowest BCUT2D eigenvalue weighted by molar-refractivity contribution is -0.132. The van der Waals surface area contributed by atoms with E-state index in [1.807, 2.05) is 20.8 Å². The number of carbonyl (C=O) groups excluding carboxylic acids is 2. The Morgan fingerprint density at radius 3 is 2.47 bits per heavy atom. The fourth-order valence-electron chi connectivity index (χ4n) is 4.22. The van der Waals surface area contributed by atoms with E-state index in [9.17, 15) is 19.1 Å². The average molecular weight is 490 g/mol. The third kappa shape index (κ3) is 4.82. The van der Waals surface area contributed by atoms with Crippen molar-refractivity contribution in [3.8, 4) is 11.5 Å². The van der Waals surface area contributed by atoms with E-state index in [2.05, 4.69) is 0 Å². The number of aryl methyl sites for hydroxylation is 1. The first-order valence-electron chi connectivity index (χ1n) is 11.7. The zero-order valence-corrected chi connectivity index (χ0v) is 20.6. The number of ether oxygens (including phenoxy) is 2. The third-order valence-corrected chi connectivity index (χ3v) is 5.96. The van der Waals surface area contributed by atoms with Crippen molar-refractivity contribution in [1.82, 2.24) is 0 Å². The van der Waals surface area contributed by atoms with Gasteiger partial charge in [-0.05, 0) is 72.5 Å². The number of amides is 1. The second-order valence-electron chi connectivity index (χ2n) is 9.11. The van der Waals surface area contributed by atoms with Crippen LogP contribution in [-0.4, -0.2) is 30.5 Å². The van der Waals surface area contributed by atoms with Gasteiger partial charge in [0.25, 0.3) is 11.7 Å². The van der Waals surface area contributed by atoms with E-state index in [-0.39, 0.29) is 17.0 Å². The number of halogens is 1. The Bertz CT molecular complexity index is 1350. The maximum atomic E-state index is 14.1. The molecule has 0 saturated carbocycles. The lowest BCUT2D eigenvalue weighted by Crippen LogP contribution is -2.29. The first-order chi connectivity index (χ1) is 17.2. The van der Waals surface area contributed by atoms with Crippen molar-refractivity contribution in [3.63, 3.8) is 0 Å². The van der Waals surface area contributed by atoms with Crippen molar-refractivity contribution in [2.24, 2.45) is 5.92 Å². The second-order valence-corrected chi connectivity index (χ2v) is 9.11. The van der Waals surface area contributed by atoms with Crippen LogP contribution in [0.15, 0.2) is 72.3 Å². The Kier molecular flexibility index (Phi) is 7.10. The van der Waals surface area contributed by atoms with Gasteiger partial charge in [0, 0.05) is 11.3 Å². The van der Waals surface area contributed by atoms with Crippen LogP contribution in [-0.2, 0) is 9.59 Å². The molecule has 0 radical (unpaired) electrons. The van der Waals surface area contributed by atoms with Gasteiger partial charge in [-0.25, -0.2) is 4.39 Å². The zero-order valence-electron chi connectivity index (χ0n) is 20.6. The first-order valence-corrected chi connectivity index (χ1v) is 11.7. The fourth-order valence-corrected chi connectivity index (χ4v) is 4.22. The van der Waals surface area contributed by atoms with Crippen LogP contribution >= 0.6 is 0 Å². The van der Waals surface area contributed by atoms with Gasteiger partial charge in [-0.15, -0.1) is 0 Å². The largest absolute Gasteiger partial charge is 0.507 e. The number of aliphatic hydroxyl groups is 1. The normalized spacial score (nSPS) is 17.1. The van der Waals surface area contributed by atoms with Crippen molar-refractivity contribution in [2.45, 2.75) is 26.8 Å². The molecule has 1 fully saturated rings. The lowest BCUT2D eigenvalue weighted by atomic mass is 9.94. The van der Waals surface area contributed by atoms with Crippen LogP contribution < -0.4 is 14.4 Å². The molecule has 0 aromatic heterocycles. The van der Waals surface area contributed by atoms with Crippen molar-refractivity contribution in [2.75, 3.05) is 18.6 Å². The Balaban J connectivity index is 1.87. The number of hydrogen-bond acceptors (Lipinski definition) is 5. The fraction of sp³-hybridized carbons (Fsp3) is 0.241. The van der Waals surface area contributed by atoms with Gasteiger partial charge < -0.3 is 14.6 Å². The summed E-state index contributed by atoms with van der Waals surface area (Å²) < 4.78 is 25.3. The lowest BCUT2D eigenvalue weighted by Gasteiger charge is -2.25. The number of ketones is 1. The number of carbonyl (C=O) groups is 2. The molecule has 1 N–H and O–H groups in total. The molecule has 0 spiro atoms. The van der Waals surface area contributed by atoms with Crippen LogP contribution in [0.5, 0.6) is 11.5 Å². The van der Waals surface area contributed by atoms with E-state index in [0.717, 1.165) is 5.56 Å². The molecule has 0 aliphatic carbocycles. The summed E-state index contributed by atoms with van der Waals surface area (Å²) in [4.78, 5) is 27.7. The molecule has 1 saturated heterocycles. The molecule has 186 valence electrons. The number of hydrogen-bond donors (Lipinski definition) is 1. The van der Waals surface area contributed by atoms with Gasteiger partial charge >= 0.3 is 0 Å². The highest BCUT2D eigenvalue weighted by Gasteiger charge is 2.47. The topological polar surface area (TPSA) is 76.1 Å². The average Bonchev–Trinajstić information content (AvgIpc) is 3.13. The van der Waals surface area contributed by atoms with Crippen LogP contribution in [0.4, 0.5) is 10.1 Å². The molecule has 6 nitrogen and oxygen atoms in total. The standard InChI is InChI=1S/C29H28FNO5/c1-17(2)16-36-24-12-11-20(13-18(24)3)27(32)25-26(19-7-5-10-23(14-19)35-4)31(29(34)28(25)33)22-9-6-8-21(30)15-22/h5-15,17,26,32H,16H2,1-4H3/b27-25+. The first kappa shape index (κ1) is 25.0. The summed E-state index contributed by atoms with van der Waals surface area (Å²) in [5.41, 5.74) is 1.80. The van der Waals surface area contributed by atoms with Gasteiger partial charge in [0.15, 0.2) is 0 Å². The van der Waals surface area contributed by atoms with Gasteiger partial charge in [-0.3, -0.25) is 14.5 Å². The summed E-state index contributed by atoms with van der Waals surface area (Å²) in [5.74, 6) is -1.06. The summed E-state index contributed by atoms with van der Waals surface area (Å²) in [6.07, 6.45) is 0. The highest BCUT2D eigenvalue weighted by molar-refractivity contribution is 6.51. The molecule has 1 aliphatic heterocycles. The predicted octanol–water partition coefficient (Wildman–Crippen LogP) is 5.80. The molecule has 3 aromatic carbocycles. The number of Topliss-reactive ketones (excluding diaryl/α,β-unsaturated/α-hetero) is 1. The van der Waals surface area contributed by atoms with Crippen molar-refractivity contribution < 1.29 is 28.6 Å². The minimum Gasteiger partial charge on any atom is -0.507 e. The van der Waals surface area contributed by atoms with E-state index >= 15 is 0 Å². The number of rotatable bonds is 7. The van der Waals surface area contributed by atoms with Gasteiger partial charge in [-0.2, -0.15) is 0 Å². The van der Waals surface area contributed by atoms with Crippen LogP contribution in [0.1, 0.15) is 36.6 Å². The highest BCUT2D eigenvalue weighted by atomic mass is 19.1. The summed E-state index contributed by atoms with van der Waals surface area (Å²) in [6, 6.07) is 16.4. The molecule has 1 atom stereocenters. The zero-order chi connectivity index (χ0) is 26.0. The molecule has 1 amide bonds. The molecule has 1 heterocycles. The highest BCUT2D eigenvalue weighted by Crippen LogP contribution is 2.43. The number of nitrogens with zero attached hydrogens (tertiary/aromatic N) is 1. The summed E-state index contributed by atoms with van der Waals surface area (Å²) in [5, 5.41) is 11.4. The minimum atomic E-state index is -0.987. The maximum Gasteiger partial charge on any atom is 0.300 e. The Hall–Kier alpha value is -4.13. The van der Waals surface area contributed by atoms with Crippen LogP contribution in [0.25, 0.3) is 5.76 Å². The molecule has 7 heteroatoms. The molecule has 1 unspecified atom stereocenters. The number of methoxy groups -OCH3 is 1. The molecule has 3 aromatic rings. The van der Waals surface area contributed by atoms with Gasteiger partial charge in [0.2, 0.25) is 0 Å². The molecular formula is C29H28FNO5.